The molecule has 2 aromatic heterocycles. The molecule has 2 aromatic carbocycles. The fourth-order valence-electron chi connectivity index (χ4n) is 3.64. The first-order valence-electron chi connectivity index (χ1n) is 9.18. The van der Waals surface area contributed by atoms with Crippen molar-refractivity contribution in [3.8, 4) is 17.1 Å². The lowest BCUT2D eigenvalue weighted by Crippen LogP contribution is -2.10. The lowest BCUT2D eigenvalue weighted by molar-refractivity contribution is -0.116. The van der Waals surface area contributed by atoms with Crippen molar-refractivity contribution < 1.29 is 4.79 Å². The molecule has 0 saturated heterocycles. The first-order chi connectivity index (χ1) is 13.7. The average molecular weight is 409 g/mol. The molecule has 0 bridgehead atoms. The van der Waals surface area contributed by atoms with Gasteiger partial charge in [0.25, 0.3) is 0 Å². The van der Waals surface area contributed by atoms with Crippen molar-refractivity contribution in [3.05, 3.63) is 59.8 Å². The number of carbonyl (C=O) groups is 1. The Labute approximate surface area is 171 Å². The lowest BCUT2D eigenvalue weighted by Gasteiger charge is -2.12. The molecule has 4 aromatic rings. The quantitative estimate of drug-likeness (QED) is 0.498. The summed E-state index contributed by atoms with van der Waals surface area (Å²) in [7, 11) is 0. The summed E-state index contributed by atoms with van der Waals surface area (Å²) >= 11 is 7.60. The first-order valence-corrected chi connectivity index (χ1v) is 10.4. The van der Waals surface area contributed by atoms with Gasteiger partial charge in [0.05, 0.1) is 5.25 Å². The molecule has 0 aliphatic heterocycles. The molecule has 0 radical (unpaired) electrons. The molecule has 1 fully saturated rings. The van der Waals surface area contributed by atoms with Crippen LogP contribution >= 0.6 is 23.4 Å². The highest BCUT2D eigenvalue weighted by atomic mass is 35.5. The van der Waals surface area contributed by atoms with Gasteiger partial charge in [0.15, 0.2) is 11.0 Å². The zero-order valence-electron chi connectivity index (χ0n) is 14.9. The Kier molecular flexibility index (Phi) is 4.45. The predicted octanol–water partition coefficient (Wildman–Crippen LogP) is 5.28. The summed E-state index contributed by atoms with van der Waals surface area (Å²) in [5, 5.41) is 11.4. The van der Waals surface area contributed by atoms with E-state index in [1.807, 2.05) is 53.2 Å². The van der Waals surface area contributed by atoms with E-state index in [1.165, 1.54) is 11.8 Å². The maximum absolute atomic E-state index is 12.2. The Morgan fingerprint density at radius 2 is 1.93 bits per heavy atom. The molecule has 140 valence electrons. The monoisotopic (exact) mass is 408 g/mol. The van der Waals surface area contributed by atoms with Gasteiger partial charge in [-0.2, -0.15) is 0 Å². The molecule has 5 rings (SSSR count). The summed E-state index contributed by atoms with van der Waals surface area (Å²) in [4.78, 5) is 15.5. The Balaban J connectivity index is 1.66. The highest BCUT2D eigenvalue weighted by molar-refractivity contribution is 8.00. The molecular formula is C21H17ClN4OS. The van der Waals surface area contributed by atoms with Crippen LogP contribution in [0.5, 0.6) is 0 Å². The van der Waals surface area contributed by atoms with Crippen molar-refractivity contribution in [3.63, 3.8) is 0 Å². The minimum absolute atomic E-state index is 0.0499. The standard InChI is InChI=1S/C21H17ClN4OS/c22-13-8-10-14(11-9-13)26-20(16-12-23-17-5-2-1-4-15(16)17)24-25-21(26)28-19-7-3-6-18(19)27/h1-2,4-5,8-12,19,23H,3,6-7H2/t19-/m0/s1. The van der Waals surface area contributed by atoms with Crippen LogP contribution in [0.25, 0.3) is 28.0 Å². The third-order valence-corrected chi connectivity index (χ3v) is 6.55. The zero-order valence-corrected chi connectivity index (χ0v) is 16.5. The van der Waals surface area contributed by atoms with Crippen LogP contribution in [0.15, 0.2) is 59.9 Å². The number of halogens is 1. The number of rotatable bonds is 4. The van der Waals surface area contributed by atoms with Gasteiger partial charge in [-0.05, 0) is 43.2 Å². The van der Waals surface area contributed by atoms with Gasteiger partial charge in [-0.15, -0.1) is 10.2 Å². The number of aromatic nitrogens is 4. The molecule has 0 unspecified atom stereocenters. The Bertz CT molecular complexity index is 1160. The molecule has 1 aliphatic carbocycles. The number of aromatic amines is 1. The van der Waals surface area contributed by atoms with Gasteiger partial charge in [0.2, 0.25) is 0 Å². The Morgan fingerprint density at radius 3 is 2.71 bits per heavy atom. The largest absolute Gasteiger partial charge is 0.360 e. The number of nitrogens with zero attached hydrogens (tertiary/aromatic N) is 3. The van der Waals surface area contributed by atoms with Gasteiger partial charge in [0, 0.05) is 39.8 Å². The summed E-state index contributed by atoms with van der Waals surface area (Å²) in [6, 6.07) is 15.7. The maximum atomic E-state index is 12.2. The summed E-state index contributed by atoms with van der Waals surface area (Å²) < 4.78 is 2.02. The second kappa shape index (κ2) is 7.11. The van der Waals surface area contributed by atoms with Crippen LogP contribution in [-0.2, 0) is 4.79 Å². The number of ketones is 1. The number of hydrogen-bond donors (Lipinski definition) is 1. The summed E-state index contributed by atoms with van der Waals surface area (Å²) in [6.45, 7) is 0. The third kappa shape index (κ3) is 3.02. The number of para-hydroxylation sites is 1. The third-order valence-electron chi connectivity index (χ3n) is 5.04. The Morgan fingerprint density at radius 1 is 1.11 bits per heavy atom. The summed E-state index contributed by atoms with van der Waals surface area (Å²) in [5.74, 6) is 1.04. The normalized spacial score (nSPS) is 16.9. The van der Waals surface area contributed by atoms with Crippen LogP contribution in [0.2, 0.25) is 5.02 Å². The fraction of sp³-hybridized carbons (Fsp3) is 0.190. The molecule has 2 heterocycles. The number of carbonyl (C=O) groups excluding carboxylic acids is 1. The van der Waals surface area contributed by atoms with E-state index in [2.05, 4.69) is 21.2 Å². The fourth-order valence-corrected chi connectivity index (χ4v) is 4.94. The van der Waals surface area contributed by atoms with E-state index in [0.29, 0.717) is 17.2 Å². The zero-order chi connectivity index (χ0) is 19.1. The van der Waals surface area contributed by atoms with Gasteiger partial charge in [-0.1, -0.05) is 41.6 Å². The van der Waals surface area contributed by atoms with Crippen molar-refractivity contribution in [2.45, 2.75) is 29.7 Å². The van der Waals surface area contributed by atoms with E-state index in [0.717, 1.165) is 46.0 Å². The highest BCUT2D eigenvalue weighted by Gasteiger charge is 2.29. The van der Waals surface area contributed by atoms with Gasteiger partial charge in [-0.3, -0.25) is 9.36 Å². The smallest absolute Gasteiger partial charge is 0.196 e. The number of benzene rings is 2. The maximum Gasteiger partial charge on any atom is 0.196 e. The van der Waals surface area contributed by atoms with Crippen molar-refractivity contribution in [1.29, 1.82) is 0 Å². The molecule has 7 heteroatoms. The molecule has 1 saturated carbocycles. The Hall–Kier alpha value is -2.57. The van der Waals surface area contributed by atoms with E-state index in [1.54, 1.807) is 0 Å². The molecular weight excluding hydrogens is 392 g/mol. The van der Waals surface area contributed by atoms with Crippen LogP contribution in [0.4, 0.5) is 0 Å². The number of hydrogen-bond acceptors (Lipinski definition) is 4. The number of nitrogens with one attached hydrogen (secondary N) is 1. The SMILES string of the molecule is O=C1CCC[C@@H]1Sc1nnc(-c2c[nH]c3ccccc23)n1-c1ccc(Cl)cc1. The minimum atomic E-state index is -0.0499. The van der Waals surface area contributed by atoms with Crippen molar-refractivity contribution in [2.75, 3.05) is 0 Å². The van der Waals surface area contributed by atoms with Gasteiger partial charge >= 0.3 is 0 Å². The number of H-pyrrole nitrogens is 1. The second-order valence-electron chi connectivity index (χ2n) is 6.83. The molecule has 5 nitrogen and oxygen atoms in total. The highest BCUT2D eigenvalue weighted by Crippen LogP contribution is 2.36. The summed E-state index contributed by atoms with van der Waals surface area (Å²) in [6.07, 6.45) is 4.44. The van der Waals surface area contributed by atoms with Crippen LogP contribution < -0.4 is 0 Å². The lowest BCUT2D eigenvalue weighted by atomic mass is 10.1. The van der Waals surface area contributed by atoms with Crippen molar-refractivity contribution in [2.24, 2.45) is 0 Å². The van der Waals surface area contributed by atoms with Gasteiger partial charge < -0.3 is 4.98 Å². The van der Waals surface area contributed by atoms with E-state index in [-0.39, 0.29) is 5.25 Å². The number of Topliss-reactive ketones (excluding diaryl/α,β-unsaturated/α-hetero) is 1. The van der Waals surface area contributed by atoms with Crippen LogP contribution in [0.3, 0.4) is 0 Å². The van der Waals surface area contributed by atoms with Crippen molar-refractivity contribution >= 4 is 40.0 Å². The van der Waals surface area contributed by atoms with E-state index < -0.39 is 0 Å². The van der Waals surface area contributed by atoms with Gasteiger partial charge in [0.1, 0.15) is 5.78 Å². The van der Waals surface area contributed by atoms with E-state index >= 15 is 0 Å². The number of fused-ring (bicyclic) bond motifs is 1. The van der Waals surface area contributed by atoms with Crippen LogP contribution in [-0.4, -0.2) is 30.8 Å². The first kappa shape index (κ1) is 17.5. The summed E-state index contributed by atoms with van der Waals surface area (Å²) in [5.41, 5.74) is 2.94. The van der Waals surface area contributed by atoms with E-state index in [9.17, 15) is 4.79 Å². The number of thioether (sulfide) groups is 1. The molecule has 0 amide bonds. The molecule has 0 spiro atoms. The van der Waals surface area contributed by atoms with Gasteiger partial charge in [-0.25, -0.2) is 0 Å². The molecule has 1 atom stereocenters. The van der Waals surface area contributed by atoms with E-state index in [4.69, 9.17) is 11.6 Å². The molecule has 1 N–H and O–H groups in total. The molecule has 28 heavy (non-hydrogen) atoms. The van der Waals surface area contributed by atoms with Crippen molar-refractivity contribution in [1.82, 2.24) is 19.7 Å². The van der Waals surface area contributed by atoms with Crippen LogP contribution in [0, 0.1) is 0 Å². The average Bonchev–Trinajstić information content (AvgIpc) is 3.42. The topological polar surface area (TPSA) is 63.6 Å². The molecule has 1 aliphatic rings. The minimum Gasteiger partial charge on any atom is -0.360 e. The predicted molar refractivity (Wildman–Crippen MR) is 112 cm³/mol. The second-order valence-corrected chi connectivity index (χ2v) is 8.44. The van der Waals surface area contributed by atoms with Crippen LogP contribution in [0.1, 0.15) is 19.3 Å².